The van der Waals surface area contributed by atoms with E-state index in [2.05, 4.69) is 10.1 Å². The predicted molar refractivity (Wildman–Crippen MR) is 100 cm³/mol. The van der Waals surface area contributed by atoms with Crippen LogP contribution in [-0.4, -0.2) is 55.6 Å². The van der Waals surface area contributed by atoms with E-state index < -0.39 is 0 Å². The van der Waals surface area contributed by atoms with E-state index in [-0.39, 0.29) is 30.3 Å². The van der Waals surface area contributed by atoms with Crippen LogP contribution < -0.4 is 5.32 Å². The van der Waals surface area contributed by atoms with Gasteiger partial charge in [0.2, 0.25) is 5.91 Å². The lowest BCUT2D eigenvalue weighted by Crippen LogP contribution is -2.36. The molecule has 1 heterocycles. The summed E-state index contributed by atoms with van der Waals surface area (Å²) >= 11 is 0. The van der Waals surface area contributed by atoms with Gasteiger partial charge in [0.1, 0.15) is 0 Å². The number of benzene rings is 1. The van der Waals surface area contributed by atoms with Crippen molar-refractivity contribution in [2.24, 2.45) is 0 Å². The van der Waals surface area contributed by atoms with Gasteiger partial charge in [0, 0.05) is 25.6 Å². The zero-order valence-electron chi connectivity index (χ0n) is 16.0. The summed E-state index contributed by atoms with van der Waals surface area (Å²) in [7, 11) is 1.36. The molecule has 7 nitrogen and oxygen atoms in total. The molecule has 2 rings (SSSR count). The van der Waals surface area contributed by atoms with Gasteiger partial charge >= 0.3 is 11.9 Å². The maximum Gasteiger partial charge on any atom is 0.337 e. The molecular weight excluding hydrogens is 348 g/mol. The Hall–Kier alpha value is -2.41. The molecule has 0 radical (unpaired) electrons. The summed E-state index contributed by atoms with van der Waals surface area (Å²) in [5, 5.41) is 3.37. The lowest BCUT2D eigenvalue weighted by atomic mass is 10.1. The van der Waals surface area contributed by atoms with Crippen LogP contribution in [0.1, 0.15) is 48.5 Å². The first-order valence-electron chi connectivity index (χ1n) is 9.38. The minimum Gasteiger partial charge on any atom is -0.466 e. The molecule has 1 unspecified atom stereocenters. The van der Waals surface area contributed by atoms with Gasteiger partial charge in [-0.2, -0.15) is 0 Å². The summed E-state index contributed by atoms with van der Waals surface area (Å²) in [6.45, 7) is 4.02. The van der Waals surface area contributed by atoms with Crippen molar-refractivity contribution in [3.05, 3.63) is 35.4 Å². The minimum atomic E-state index is -0.344. The third-order valence-electron chi connectivity index (χ3n) is 4.67. The molecule has 1 aliphatic rings. The standard InChI is InChI=1S/C20H28N2O5/c1-3-27-19(24)11-13-22-17(8-9-18(22)23)10-12-21-14-15-4-6-16(7-5-15)20(25)26-2/h4-7,17,21H,3,8-14H2,1-2H3. The first-order valence-corrected chi connectivity index (χ1v) is 9.38. The predicted octanol–water partition coefficient (Wildman–Crippen LogP) is 1.90. The summed E-state index contributed by atoms with van der Waals surface area (Å²) < 4.78 is 9.61. The van der Waals surface area contributed by atoms with Crippen molar-refractivity contribution in [1.29, 1.82) is 0 Å². The number of ether oxygens (including phenoxy) is 2. The van der Waals surface area contributed by atoms with Crippen LogP contribution in [0.3, 0.4) is 0 Å². The fraction of sp³-hybridized carbons (Fsp3) is 0.550. The highest BCUT2D eigenvalue weighted by Gasteiger charge is 2.30. The van der Waals surface area contributed by atoms with Crippen molar-refractivity contribution >= 4 is 17.8 Å². The normalized spacial score (nSPS) is 16.4. The van der Waals surface area contributed by atoms with Gasteiger partial charge in [-0.15, -0.1) is 0 Å². The highest BCUT2D eigenvalue weighted by Crippen LogP contribution is 2.21. The Bertz CT molecular complexity index is 644. The number of methoxy groups -OCH3 is 1. The highest BCUT2D eigenvalue weighted by molar-refractivity contribution is 5.89. The average Bonchev–Trinajstić information content (AvgIpc) is 3.03. The largest absolute Gasteiger partial charge is 0.466 e. The van der Waals surface area contributed by atoms with E-state index in [1.165, 1.54) is 7.11 Å². The number of hydrogen-bond donors (Lipinski definition) is 1. The van der Waals surface area contributed by atoms with Crippen molar-refractivity contribution < 1.29 is 23.9 Å². The van der Waals surface area contributed by atoms with Gasteiger partial charge in [0.15, 0.2) is 0 Å². The van der Waals surface area contributed by atoms with E-state index in [9.17, 15) is 14.4 Å². The molecule has 0 saturated carbocycles. The quantitative estimate of drug-likeness (QED) is 0.496. The van der Waals surface area contributed by atoms with E-state index >= 15 is 0 Å². The Morgan fingerprint density at radius 3 is 2.67 bits per heavy atom. The first-order chi connectivity index (χ1) is 13.0. The van der Waals surface area contributed by atoms with E-state index in [4.69, 9.17) is 4.74 Å². The van der Waals surface area contributed by atoms with Gasteiger partial charge in [-0.1, -0.05) is 12.1 Å². The van der Waals surface area contributed by atoms with Crippen molar-refractivity contribution in [1.82, 2.24) is 10.2 Å². The Morgan fingerprint density at radius 1 is 1.26 bits per heavy atom. The molecule has 0 aliphatic carbocycles. The van der Waals surface area contributed by atoms with Gasteiger partial charge in [0.25, 0.3) is 0 Å². The van der Waals surface area contributed by atoms with Crippen LogP contribution in [0.2, 0.25) is 0 Å². The first kappa shape index (κ1) is 20.9. The second-order valence-electron chi connectivity index (χ2n) is 6.49. The molecule has 1 aromatic carbocycles. The number of rotatable bonds is 10. The molecule has 1 aromatic rings. The lowest BCUT2D eigenvalue weighted by Gasteiger charge is -2.24. The summed E-state index contributed by atoms with van der Waals surface area (Å²) in [4.78, 5) is 36.8. The second-order valence-corrected chi connectivity index (χ2v) is 6.49. The third kappa shape index (κ3) is 6.36. The minimum absolute atomic E-state index is 0.114. The van der Waals surface area contributed by atoms with E-state index in [0.717, 1.165) is 24.9 Å². The number of nitrogens with zero attached hydrogens (tertiary/aromatic N) is 1. The number of esters is 2. The zero-order chi connectivity index (χ0) is 19.6. The molecule has 7 heteroatoms. The van der Waals surface area contributed by atoms with Crippen molar-refractivity contribution in [3.8, 4) is 0 Å². The van der Waals surface area contributed by atoms with Gasteiger partial charge in [0.05, 0.1) is 25.7 Å². The van der Waals surface area contributed by atoms with Gasteiger partial charge in [-0.25, -0.2) is 4.79 Å². The molecule has 27 heavy (non-hydrogen) atoms. The number of likely N-dealkylation sites (tertiary alicyclic amines) is 1. The molecular formula is C20H28N2O5. The third-order valence-corrected chi connectivity index (χ3v) is 4.67. The maximum atomic E-state index is 12.0. The van der Waals surface area contributed by atoms with E-state index in [1.54, 1.807) is 19.1 Å². The molecule has 0 bridgehead atoms. The lowest BCUT2D eigenvalue weighted by molar-refractivity contribution is -0.144. The van der Waals surface area contributed by atoms with E-state index in [1.807, 2.05) is 17.0 Å². The zero-order valence-corrected chi connectivity index (χ0v) is 16.0. The fourth-order valence-electron chi connectivity index (χ4n) is 3.22. The van der Waals surface area contributed by atoms with Crippen LogP contribution >= 0.6 is 0 Å². The number of amides is 1. The fourth-order valence-corrected chi connectivity index (χ4v) is 3.22. The summed E-state index contributed by atoms with van der Waals surface area (Å²) in [6.07, 6.45) is 2.46. The van der Waals surface area contributed by atoms with Gasteiger partial charge in [-0.05, 0) is 44.0 Å². The Balaban J connectivity index is 1.72. The van der Waals surface area contributed by atoms with Crippen molar-refractivity contribution in [3.63, 3.8) is 0 Å². The monoisotopic (exact) mass is 376 g/mol. The van der Waals surface area contributed by atoms with Crippen LogP contribution in [0.5, 0.6) is 0 Å². The summed E-state index contributed by atoms with van der Waals surface area (Å²) in [6, 6.07) is 7.44. The SMILES string of the molecule is CCOC(=O)CCN1C(=O)CCC1CCNCc1ccc(C(=O)OC)cc1. The molecule has 0 aromatic heterocycles. The highest BCUT2D eigenvalue weighted by atomic mass is 16.5. The molecule has 1 saturated heterocycles. The average molecular weight is 376 g/mol. The second kappa shape index (κ2) is 10.7. The topological polar surface area (TPSA) is 84.9 Å². The summed E-state index contributed by atoms with van der Waals surface area (Å²) in [5.41, 5.74) is 1.60. The molecule has 0 spiro atoms. The van der Waals surface area contributed by atoms with Crippen LogP contribution in [0.25, 0.3) is 0 Å². The number of hydrogen-bond acceptors (Lipinski definition) is 6. The van der Waals surface area contributed by atoms with Crippen LogP contribution in [-0.2, 0) is 25.6 Å². The maximum absolute atomic E-state index is 12.0. The van der Waals surface area contributed by atoms with Gasteiger partial charge < -0.3 is 19.7 Å². The molecule has 1 atom stereocenters. The van der Waals surface area contributed by atoms with Gasteiger partial charge in [-0.3, -0.25) is 9.59 Å². The molecule has 1 aliphatic heterocycles. The Kier molecular flexibility index (Phi) is 8.26. The Labute approximate surface area is 160 Å². The van der Waals surface area contributed by atoms with Crippen LogP contribution in [0, 0.1) is 0 Å². The Morgan fingerprint density at radius 2 is 2.00 bits per heavy atom. The molecule has 1 fully saturated rings. The van der Waals surface area contributed by atoms with Crippen molar-refractivity contribution in [2.45, 2.75) is 45.2 Å². The van der Waals surface area contributed by atoms with Crippen LogP contribution in [0.15, 0.2) is 24.3 Å². The molecule has 148 valence electrons. The number of nitrogens with one attached hydrogen (secondary N) is 1. The molecule has 1 amide bonds. The number of carbonyl (C=O) groups excluding carboxylic acids is 3. The smallest absolute Gasteiger partial charge is 0.337 e. The van der Waals surface area contributed by atoms with E-state index in [0.29, 0.717) is 31.7 Å². The van der Waals surface area contributed by atoms with Crippen LogP contribution in [0.4, 0.5) is 0 Å². The van der Waals surface area contributed by atoms with Crippen molar-refractivity contribution in [2.75, 3.05) is 26.8 Å². The molecule has 1 N–H and O–H groups in total. The number of carbonyl (C=O) groups is 3. The summed E-state index contributed by atoms with van der Waals surface area (Å²) in [5.74, 6) is -0.490.